The van der Waals surface area contributed by atoms with Gasteiger partial charge < -0.3 is 15.8 Å². The number of carbonyl (C=O) groups excluding carboxylic acids is 1. The summed E-state index contributed by atoms with van der Waals surface area (Å²) in [7, 11) is 0. The first-order valence-electron chi connectivity index (χ1n) is 6.19. The molecule has 16 heavy (non-hydrogen) atoms. The highest BCUT2D eigenvalue weighted by atomic mass is 16.5. The standard InChI is InChI=1S/C12H26N2O2/c1-4-7-16-8-5-6-14-12(15)11(13)9-10(2)3/h10-11H,4-9,13H2,1-3H3,(H,14,15). The zero-order valence-corrected chi connectivity index (χ0v) is 10.8. The van der Waals surface area contributed by atoms with Gasteiger partial charge in [0.2, 0.25) is 5.91 Å². The predicted octanol–water partition coefficient (Wildman–Crippen LogP) is 1.29. The van der Waals surface area contributed by atoms with Gasteiger partial charge in [0.1, 0.15) is 0 Å². The Morgan fingerprint density at radius 2 is 2.06 bits per heavy atom. The second kappa shape index (κ2) is 9.60. The van der Waals surface area contributed by atoms with Crippen molar-refractivity contribution in [3.8, 4) is 0 Å². The van der Waals surface area contributed by atoms with Crippen LogP contribution in [-0.4, -0.2) is 31.7 Å². The SMILES string of the molecule is CCCOCCCNC(=O)C(N)CC(C)C. The van der Waals surface area contributed by atoms with Gasteiger partial charge in [-0.1, -0.05) is 20.8 Å². The largest absolute Gasteiger partial charge is 0.381 e. The van der Waals surface area contributed by atoms with Gasteiger partial charge in [-0.3, -0.25) is 4.79 Å². The monoisotopic (exact) mass is 230 g/mol. The summed E-state index contributed by atoms with van der Waals surface area (Å²) in [5.74, 6) is 0.401. The molecule has 0 saturated carbocycles. The van der Waals surface area contributed by atoms with Crippen LogP contribution >= 0.6 is 0 Å². The predicted molar refractivity (Wildman–Crippen MR) is 66.2 cm³/mol. The smallest absolute Gasteiger partial charge is 0.236 e. The minimum absolute atomic E-state index is 0.0517. The van der Waals surface area contributed by atoms with E-state index in [4.69, 9.17) is 10.5 Å². The summed E-state index contributed by atoms with van der Waals surface area (Å²) in [5.41, 5.74) is 5.74. The molecule has 0 bridgehead atoms. The Morgan fingerprint density at radius 1 is 1.38 bits per heavy atom. The summed E-state index contributed by atoms with van der Waals surface area (Å²) >= 11 is 0. The number of ether oxygens (including phenoxy) is 1. The molecule has 0 radical (unpaired) electrons. The van der Waals surface area contributed by atoms with Crippen LogP contribution < -0.4 is 11.1 Å². The van der Waals surface area contributed by atoms with E-state index >= 15 is 0 Å². The Labute approximate surface area is 98.9 Å². The molecule has 0 heterocycles. The first-order valence-corrected chi connectivity index (χ1v) is 6.19. The van der Waals surface area contributed by atoms with Crippen LogP contribution in [0.15, 0.2) is 0 Å². The zero-order chi connectivity index (χ0) is 12.4. The molecule has 1 amide bonds. The Kier molecular flexibility index (Phi) is 9.24. The second-order valence-electron chi connectivity index (χ2n) is 4.49. The average Bonchev–Trinajstić information content (AvgIpc) is 2.21. The van der Waals surface area contributed by atoms with E-state index in [-0.39, 0.29) is 11.9 Å². The highest BCUT2D eigenvalue weighted by molar-refractivity contribution is 5.81. The normalized spacial score (nSPS) is 12.8. The topological polar surface area (TPSA) is 64.3 Å². The quantitative estimate of drug-likeness (QED) is 0.587. The van der Waals surface area contributed by atoms with E-state index in [9.17, 15) is 4.79 Å². The maximum absolute atomic E-state index is 11.5. The molecule has 4 nitrogen and oxygen atoms in total. The van der Waals surface area contributed by atoms with Crippen LogP contribution in [0, 0.1) is 5.92 Å². The van der Waals surface area contributed by atoms with E-state index in [1.165, 1.54) is 0 Å². The molecule has 96 valence electrons. The molecule has 1 atom stereocenters. The Hall–Kier alpha value is -0.610. The molecule has 0 spiro atoms. The highest BCUT2D eigenvalue weighted by Gasteiger charge is 2.13. The van der Waals surface area contributed by atoms with E-state index in [0.717, 1.165) is 25.9 Å². The molecule has 4 heteroatoms. The third-order valence-corrected chi connectivity index (χ3v) is 2.18. The lowest BCUT2D eigenvalue weighted by Gasteiger charge is -2.14. The van der Waals surface area contributed by atoms with Gasteiger partial charge in [0.05, 0.1) is 6.04 Å². The van der Waals surface area contributed by atoms with Gasteiger partial charge in [-0.05, 0) is 25.2 Å². The molecular weight excluding hydrogens is 204 g/mol. The molecule has 0 saturated heterocycles. The van der Waals surface area contributed by atoms with Crippen LogP contribution in [-0.2, 0) is 9.53 Å². The molecule has 0 aromatic carbocycles. The van der Waals surface area contributed by atoms with Gasteiger partial charge in [-0.25, -0.2) is 0 Å². The zero-order valence-electron chi connectivity index (χ0n) is 10.8. The van der Waals surface area contributed by atoms with E-state index in [1.807, 2.05) is 0 Å². The van der Waals surface area contributed by atoms with Gasteiger partial charge in [-0.2, -0.15) is 0 Å². The maximum atomic E-state index is 11.5. The summed E-state index contributed by atoms with van der Waals surface area (Å²) in [5, 5.41) is 2.82. The fourth-order valence-electron chi connectivity index (χ4n) is 1.38. The van der Waals surface area contributed by atoms with Crippen molar-refractivity contribution in [1.29, 1.82) is 0 Å². The van der Waals surface area contributed by atoms with E-state index in [0.29, 0.717) is 19.1 Å². The third kappa shape index (κ3) is 8.68. The van der Waals surface area contributed by atoms with Crippen molar-refractivity contribution in [2.24, 2.45) is 11.7 Å². The molecule has 0 aliphatic heterocycles. The second-order valence-corrected chi connectivity index (χ2v) is 4.49. The molecule has 0 fully saturated rings. The highest BCUT2D eigenvalue weighted by Crippen LogP contribution is 2.02. The number of rotatable bonds is 9. The summed E-state index contributed by atoms with van der Waals surface area (Å²) in [6.45, 7) is 8.34. The fourth-order valence-corrected chi connectivity index (χ4v) is 1.38. The number of hydrogen-bond donors (Lipinski definition) is 2. The molecule has 0 rings (SSSR count). The van der Waals surface area contributed by atoms with Crippen molar-refractivity contribution in [2.45, 2.75) is 46.1 Å². The Bertz CT molecular complexity index is 184. The van der Waals surface area contributed by atoms with Gasteiger partial charge in [-0.15, -0.1) is 0 Å². The molecule has 0 aliphatic rings. The number of hydrogen-bond acceptors (Lipinski definition) is 3. The van der Waals surface area contributed by atoms with Gasteiger partial charge in [0, 0.05) is 19.8 Å². The summed E-state index contributed by atoms with van der Waals surface area (Å²) in [6, 6.07) is -0.378. The summed E-state index contributed by atoms with van der Waals surface area (Å²) < 4.78 is 5.31. The number of carbonyl (C=O) groups is 1. The number of amides is 1. The van der Waals surface area contributed by atoms with Crippen molar-refractivity contribution in [3.63, 3.8) is 0 Å². The van der Waals surface area contributed by atoms with Gasteiger partial charge in [0.15, 0.2) is 0 Å². The molecule has 0 aromatic rings. The lowest BCUT2D eigenvalue weighted by atomic mass is 10.0. The third-order valence-electron chi connectivity index (χ3n) is 2.18. The molecule has 3 N–H and O–H groups in total. The van der Waals surface area contributed by atoms with Gasteiger partial charge in [0.25, 0.3) is 0 Å². The molecule has 1 unspecified atom stereocenters. The van der Waals surface area contributed by atoms with Crippen molar-refractivity contribution >= 4 is 5.91 Å². The molecule has 0 aromatic heterocycles. The first kappa shape index (κ1) is 15.4. The van der Waals surface area contributed by atoms with Crippen molar-refractivity contribution < 1.29 is 9.53 Å². The van der Waals surface area contributed by atoms with Crippen molar-refractivity contribution in [3.05, 3.63) is 0 Å². The lowest BCUT2D eigenvalue weighted by Crippen LogP contribution is -2.41. The van der Waals surface area contributed by atoms with Crippen molar-refractivity contribution in [1.82, 2.24) is 5.32 Å². The summed E-state index contributed by atoms with van der Waals surface area (Å²) in [4.78, 5) is 11.5. The first-order chi connectivity index (χ1) is 7.57. The fraction of sp³-hybridized carbons (Fsp3) is 0.917. The average molecular weight is 230 g/mol. The minimum Gasteiger partial charge on any atom is -0.381 e. The minimum atomic E-state index is -0.378. The lowest BCUT2D eigenvalue weighted by molar-refractivity contribution is -0.122. The molecule has 0 aliphatic carbocycles. The van der Waals surface area contributed by atoms with Gasteiger partial charge >= 0.3 is 0 Å². The van der Waals surface area contributed by atoms with E-state index in [1.54, 1.807) is 0 Å². The van der Waals surface area contributed by atoms with E-state index < -0.39 is 0 Å². The summed E-state index contributed by atoms with van der Waals surface area (Å²) in [6.07, 6.45) is 2.62. The molecular formula is C12H26N2O2. The van der Waals surface area contributed by atoms with Crippen LogP contribution in [0.4, 0.5) is 0 Å². The Balaban J connectivity index is 3.42. The van der Waals surface area contributed by atoms with Crippen LogP contribution in [0.3, 0.4) is 0 Å². The van der Waals surface area contributed by atoms with Crippen LogP contribution in [0.25, 0.3) is 0 Å². The maximum Gasteiger partial charge on any atom is 0.236 e. The Morgan fingerprint density at radius 3 is 2.62 bits per heavy atom. The number of nitrogens with two attached hydrogens (primary N) is 1. The van der Waals surface area contributed by atoms with Crippen LogP contribution in [0.5, 0.6) is 0 Å². The van der Waals surface area contributed by atoms with Crippen molar-refractivity contribution in [2.75, 3.05) is 19.8 Å². The number of nitrogens with one attached hydrogen (secondary N) is 1. The van der Waals surface area contributed by atoms with Crippen LogP contribution in [0.2, 0.25) is 0 Å². The van der Waals surface area contributed by atoms with Crippen LogP contribution in [0.1, 0.15) is 40.0 Å². The van der Waals surface area contributed by atoms with E-state index in [2.05, 4.69) is 26.1 Å².